The molecule has 156 valence electrons. The molecule has 0 aromatic carbocycles. The molecule has 0 unspecified atom stereocenters. The van der Waals surface area contributed by atoms with Crippen LogP contribution in [0, 0.1) is 40.4 Å². The lowest BCUT2D eigenvalue weighted by Gasteiger charge is -2.57. The minimum atomic E-state index is -0.204. The van der Waals surface area contributed by atoms with Gasteiger partial charge in [0.05, 0.1) is 0 Å². The van der Waals surface area contributed by atoms with Crippen molar-refractivity contribution >= 4 is 5.97 Å². The molecule has 0 amide bonds. The number of esters is 1. The Labute approximate surface area is 165 Å². The van der Waals surface area contributed by atoms with E-state index in [1.54, 1.807) is 0 Å². The first-order valence-corrected chi connectivity index (χ1v) is 11.3. The first-order valence-electron chi connectivity index (χ1n) is 11.3. The van der Waals surface area contributed by atoms with Gasteiger partial charge in [-0.25, -0.2) is 0 Å². The molecule has 3 fully saturated rings. The Kier molecular flexibility index (Phi) is 6.27. The lowest BCUT2D eigenvalue weighted by molar-refractivity contribution is -0.155. The van der Waals surface area contributed by atoms with Crippen molar-refractivity contribution in [2.24, 2.45) is 46.2 Å². The van der Waals surface area contributed by atoms with E-state index in [1.807, 2.05) is 0 Å². The summed E-state index contributed by atoms with van der Waals surface area (Å²) in [5.41, 5.74) is 6.96. The first kappa shape index (κ1) is 21.1. The van der Waals surface area contributed by atoms with Gasteiger partial charge < -0.3 is 15.6 Å². The lowest BCUT2D eigenvalue weighted by Crippen LogP contribution is -2.53. The summed E-state index contributed by atoms with van der Waals surface area (Å²) in [5.74, 6) is 2.70. The van der Waals surface area contributed by atoms with Gasteiger partial charge in [-0.3, -0.25) is 4.79 Å². The van der Waals surface area contributed by atoms with Crippen LogP contribution >= 0.6 is 0 Å². The number of nitrogens with two attached hydrogens (primary N) is 1. The van der Waals surface area contributed by atoms with Gasteiger partial charge in [-0.2, -0.15) is 0 Å². The van der Waals surface area contributed by atoms with Crippen molar-refractivity contribution < 1.29 is 14.6 Å². The van der Waals surface area contributed by atoms with Crippen molar-refractivity contribution in [3.63, 3.8) is 0 Å². The Hall–Kier alpha value is -0.610. The highest BCUT2D eigenvalue weighted by Crippen LogP contribution is 2.64. The number of hydrogen-bond donors (Lipinski definition) is 2. The molecule has 0 aliphatic heterocycles. The van der Waals surface area contributed by atoms with Gasteiger partial charge in [-0.05, 0) is 91.9 Å². The molecule has 0 radical (unpaired) electrons. The lowest BCUT2D eigenvalue weighted by atomic mass is 9.48. The number of fused-ring (bicyclic) bond motifs is 1. The summed E-state index contributed by atoms with van der Waals surface area (Å²) in [7, 11) is 0. The summed E-state index contributed by atoms with van der Waals surface area (Å²) < 4.78 is 5.50. The largest absolute Gasteiger partial charge is 0.463 e. The summed E-state index contributed by atoms with van der Waals surface area (Å²) in [6.07, 6.45) is 9.20. The first-order chi connectivity index (χ1) is 12.8. The minimum absolute atomic E-state index is 0.0335. The molecule has 3 N–H and O–H groups in total. The van der Waals surface area contributed by atoms with Crippen molar-refractivity contribution in [2.75, 3.05) is 13.2 Å². The molecule has 4 heteroatoms. The number of aliphatic hydroxyl groups is 1. The average Bonchev–Trinajstić information content (AvgIpc) is 2.98. The topological polar surface area (TPSA) is 72.5 Å². The van der Waals surface area contributed by atoms with E-state index in [2.05, 4.69) is 20.8 Å². The third-order valence-corrected chi connectivity index (χ3v) is 9.28. The molecule has 0 spiro atoms. The van der Waals surface area contributed by atoms with Crippen LogP contribution in [0.4, 0.5) is 0 Å². The zero-order valence-corrected chi connectivity index (χ0v) is 17.9. The molecule has 3 rings (SSSR count). The van der Waals surface area contributed by atoms with Crippen LogP contribution in [0.1, 0.15) is 79.1 Å². The Morgan fingerprint density at radius 1 is 1.07 bits per heavy atom. The highest BCUT2D eigenvalue weighted by atomic mass is 16.5. The summed E-state index contributed by atoms with van der Waals surface area (Å²) in [4.78, 5) is 11.4. The van der Waals surface area contributed by atoms with Crippen LogP contribution in [0.25, 0.3) is 0 Å². The summed E-state index contributed by atoms with van der Waals surface area (Å²) in [6, 6.07) is 0. The van der Waals surface area contributed by atoms with E-state index < -0.39 is 0 Å². The van der Waals surface area contributed by atoms with E-state index >= 15 is 0 Å². The third-order valence-electron chi connectivity index (χ3n) is 9.28. The summed E-state index contributed by atoms with van der Waals surface area (Å²) >= 11 is 0. The van der Waals surface area contributed by atoms with Gasteiger partial charge in [0.2, 0.25) is 0 Å². The average molecular weight is 380 g/mol. The molecular formula is C23H41NO3. The maximum atomic E-state index is 11.4. The maximum Gasteiger partial charge on any atom is 0.302 e. The molecular weight excluding hydrogens is 338 g/mol. The van der Waals surface area contributed by atoms with Gasteiger partial charge in [-0.1, -0.05) is 27.2 Å². The Morgan fingerprint density at radius 3 is 2.30 bits per heavy atom. The van der Waals surface area contributed by atoms with Crippen LogP contribution in [0.5, 0.6) is 0 Å². The van der Waals surface area contributed by atoms with Crippen LogP contribution in [-0.2, 0) is 9.53 Å². The van der Waals surface area contributed by atoms with Gasteiger partial charge in [0.25, 0.3) is 0 Å². The van der Waals surface area contributed by atoms with E-state index in [0.29, 0.717) is 17.3 Å². The van der Waals surface area contributed by atoms with E-state index in [1.165, 1.54) is 39.0 Å². The number of aliphatic hydroxyl groups excluding tert-OH is 1. The molecule has 3 aliphatic carbocycles. The van der Waals surface area contributed by atoms with Gasteiger partial charge >= 0.3 is 5.97 Å². The van der Waals surface area contributed by atoms with Crippen molar-refractivity contribution in [2.45, 2.75) is 85.2 Å². The number of rotatable bonds is 5. The smallest absolute Gasteiger partial charge is 0.302 e. The number of carbonyl (C=O) groups is 1. The molecule has 8 atom stereocenters. The molecule has 0 aromatic rings. The molecule has 0 heterocycles. The van der Waals surface area contributed by atoms with Crippen LogP contribution in [0.3, 0.4) is 0 Å². The van der Waals surface area contributed by atoms with Crippen molar-refractivity contribution in [1.82, 2.24) is 0 Å². The highest BCUT2D eigenvalue weighted by Gasteiger charge is 2.57. The second-order valence-corrected chi connectivity index (χ2v) is 10.2. The van der Waals surface area contributed by atoms with Crippen LogP contribution < -0.4 is 5.73 Å². The minimum Gasteiger partial charge on any atom is -0.463 e. The SMILES string of the molecule is CC[C@H]1CC[C@H]2[C@@H](CN)[C@@H]([C@@]3(C)CC[C@H](OC(C)=O)C[C@@H]3CO)CC[C@]12C. The van der Waals surface area contributed by atoms with Gasteiger partial charge in [0.1, 0.15) is 6.10 Å². The zero-order chi connectivity index (χ0) is 19.8. The third kappa shape index (κ3) is 3.57. The molecule has 4 nitrogen and oxygen atoms in total. The Bertz CT molecular complexity index is 538. The predicted molar refractivity (Wildman–Crippen MR) is 108 cm³/mol. The standard InChI is InChI=1S/C23H41NO3/c1-5-16-6-7-20-19(13-24)21(9-11-22(16,20)3)23(4)10-8-18(27-15(2)26)12-17(23)14-25/h16-21,25H,5-14,24H2,1-4H3/t16-,17+,18-,19+,20-,21-,22+,23-/m0/s1. The van der Waals surface area contributed by atoms with Gasteiger partial charge in [0.15, 0.2) is 0 Å². The van der Waals surface area contributed by atoms with E-state index in [-0.39, 0.29) is 30.0 Å². The monoisotopic (exact) mass is 379 g/mol. The normalized spacial score (nSPS) is 47.5. The van der Waals surface area contributed by atoms with Gasteiger partial charge in [-0.15, -0.1) is 0 Å². The maximum absolute atomic E-state index is 11.4. The molecule has 0 saturated heterocycles. The fraction of sp³-hybridized carbons (Fsp3) is 0.957. The van der Waals surface area contributed by atoms with E-state index in [0.717, 1.165) is 37.6 Å². The molecule has 3 aliphatic rings. The Morgan fingerprint density at radius 2 is 1.70 bits per heavy atom. The predicted octanol–water partition coefficient (Wildman–Crippen LogP) is 4.14. The van der Waals surface area contributed by atoms with E-state index in [9.17, 15) is 9.90 Å². The number of hydrogen-bond acceptors (Lipinski definition) is 4. The second-order valence-electron chi connectivity index (χ2n) is 10.2. The van der Waals surface area contributed by atoms with Gasteiger partial charge in [0, 0.05) is 13.5 Å². The van der Waals surface area contributed by atoms with Crippen LogP contribution in [0.2, 0.25) is 0 Å². The summed E-state index contributed by atoms with van der Waals surface area (Å²) in [5, 5.41) is 10.2. The number of carbonyl (C=O) groups excluding carboxylic acids is 1. The quantitative estimate of drug-likeness (QED) is 0.704. The van der Waals surface area contributed by atoms with Crippen molar-refractivity contribution in [3.8, 4) is 0 Å². The molecule has 27 heavy (non-hydrogen) atoms. The Balaban J connectivity index is 1.81. The fourth-order valence-electron chi connectivity index (χ4n) is 7.71. The molecule has 0 bridgehead atoms. The van der Waals surface area contributed by atoms with Crippen molar-refractivity contribution in [1.29, 1.82) is 0 Å². The van der Waals surface area contributed by atoms with E-state index in [4.69, 9.17) is 10.5 Å². The fourth-order valence-corrected chi connectivity index (χ4v) is 7.71. The highest BCUT2D eigenvalue weighted by molar-refractivity contribution is 5.66. The van der Waals surface area contributed by atoms with Crippen molar-refractivity contribution in [3.05, 3.63) is 0 Å². The molecule has 0 aromatic heterocycles. The second kappa shape index (κ2) is 8.02. The van der Waals surface area contributed by atoms with Crippen LogP contribution in [0.15, 0.2) is 0 Å². The number of ether oxygens (including phenoxy) is 1. The summed E-state index contributed by atoms with van der Waals surface area (Å²) in [6.45, 7) is 9.70. The van der Waals surface area contributed by atoms with Crippen LogP contribution in [-0.4, -0.2) is 30.3 Å². The zero-order valence-electron chi connectivity index (χ0n) is 17.9. The molecule has 3 saturated carbocycles.